The first-order chi connectivity index (χ1) is 12.5. The van der Waals surface area contributed by atoms with Gasteiger partial charge in [0.05, 0.1) is 20.4 Å². The van der Waals surface area contributed by atoms with E-state index in [2.05, 4.69) is 20.6 Å². The van der Waals surface area contributed by atoms with E-state index in [0.29, 0.717) is 22.7 Å². The minimum Gasteiger partial charge on any atom is -0.493 e. The number of anilines is 1. The topological polar surface area (TPSA) is 64.1 Å². The first kappa shape index (κ1) is 19.4. The van der Waals surface area contributed by atoms with E-state index in [0.717, 1.165) is 0 Å². The first-order valence-corrected chi connectivity index (χ1v) is 7.80. The molecule has 26 heavy (non-hydrogen) atoms. The molecule has 0 radical (unpaired) electrons. The number of nitrogens with one attached hydrogen (secondary N) is 2. The molecule has 0 fully saturated rings. The average Bonchev–Trinajstić information content (AvgIpc) is 2.62. The molecule has 0 saturated carbocycles. The molecule has 0 aromatic heterocycles. The van der Waals surface area contributed by atoms with Crippen LogP contribution in [-0.4, -0.2) is 32.2 Å². The van der Waals surface area contributed by atoms with Crippen LogP contribution in [-0.2, 0) is 0 Å². The maximum absolute atomic E-state index is 12.4. The van der Waals surface area contributed by atoms with Crippen molar-refractivity contribution in [2.75, 3.05) is 19.5 Å². The summed E-state index contributed by atoms with van der Waals surface area (Å²) in [5, 5.41) is 7.05. The number of thiocarbonyl (C=S) groups is 1. The summed E-state index contributed by atoms with van der Waals surface area (Å²) in [5.41, 5.74) is 3.65. The van der Waals surface area contributed by atoms with Gasteiger partial charge < -0.3 is 19.5 Å². The van der Waals surface area contributed by atoms with Crippen LogP contribution in [0.25, 0.3) is 0 Å². The predicted octanol–water partition coefficient (Wildman–Crippen LogP) is 3.63. The van der Waals surface area contributed by atoms with Gasteiger partial charge in [-0.25, -0.2) is 0 Å². The summed E-state index contributed by atoms with van der Waals surface area (Å²) in [6, 6.07) is 11.5. The lowest BCUT2D eigenvalue weighted by molar-refractivity contribution is -0.0499. The van der Waals surface area contributed by atoms with Gasteiger partial charge in [0.2, 0.25) is 0 Å². The SMILES string of the molecule is COc1ccc(NC(=S)N/N=C\c2ccccc2OC(F)F)cc1OC. The fraction of sp³-hybridized carbons (Fsp3) is 0.176. The molecule has 2 N–H and O–H groups in total. The van der Waals surface area contributed by atoms with E-state index in [1.807, 2.05) is 0 Å². The zero-order valence-corrected chi connectivity index (χ0v) is 14.8. The monoisotopic (exact) mass is 381 g/mol. The number of rotatable bonds is 7. The second kappa shape index (κ2) is 9.52. The first-order valence-electron chi connectivity index (χ1n) is 7.39. The molecule has 0 amide bonds. The third-order valence-electron chi connectivity index (χ3n) is 3.15. The zero-order chi connectivity index (χ0) is 18.9. The van der Waals surface area contributed by atoms with Gasteiger partial charge in [-0.3, -0.25) is 5.43 Å². The van der Waals surface area contributed by atoms with Crippen LogP contribution in [0.5, 0.6) is 17.2 Å². The van der Waals surface area contributed by atoms with Crippen molar-refractivity contribution in [2.45, 2.75) is 6.61 Å². The van der Waals surface area contributed by atoms with Crippen LogP contribution in [0.3, 0.4) is 0 Å². The van der Waals surface area contributed by atoms with E-state index in [-0.39, 0.29) is 10.9 Å². The summed E-state index contributed by atoms with van der Waals surface area (Å²) in [5.74, 6) is 1.15. The van der Waals surface area contributed by atoms with Gasteiger partial charge in [-0.2, -0.15) is 13.9 Å². The number of methoxy groups -OCH3 is 2. The largest absolute Gasteiger partial charge is 0.493 e. The molecule has 6 nitrogen and oxygen atoms in total. The van der Waals surface area contributed by atoms with E-state index in [9.17, 15) is 8.78 Å². The Morgan fingerprint density at radius 3 is 2.50 bits per heavy atom. The summed E-state index contributed by atoms with van der Waals surface area (Å²) in [6.45, 7) is -2.91. The smallest absolute Gasteiger partial charge is 0.387 e. The minimum atomic E-state index is -2.91. The quantitative estimate of drug-likeness (QED) is 0.434. The van der Waals surface area contributed by atoms with Gasteiger partial charge in [-0.05, 0) is 36.5 Å². The molecular weight excluding hydrogens is 364 g/mol. The minimum absolute atomic E-state index is 0.0202. The molecule has 0 bridgehead atoms. The van der Waals surface area contributed by atoms with Gasteiger partial charge in [-0.15, -0.1) is 0 Å². The number of nitrogens with zero attached hydrogens (tertiary/aromatic N) is 1. The van der Waals surface area contributed by atoms with Crippen LogP contribution < -0.4 is 25.0 Å². The van der Waals surface area contributed by atoms with E-state index in [4.69, 9.17) is 21.7 Å². The Bertz CT molecular complexity index is 788. The summed E-state index contributed by atoms with van der Waals surface area (Å²) < 4.78 is 39.5. The van der Waals surface area contributed by atoms with Crippen molar-refractivity contribution in [3.05, 3.63) is 48.0 Å². The predicted molar refractivity (Wildman–Crippen MR) is 99.6 cm³/mol. The molecule has 2 rings (SSSR count). The summed E-state index contributed by atoms with van der Waals surface area (Å²) in [7, 11) is 3.07. The Hall–Kier alpha value is -2.94. The van der Waals surface area contributed by atoms with E-state index in [1.165, 1.54) is 19.4 Å². The number of hydrogen-bond donors (Lipinski definition) is 2. The van der Waals surface area contributed by atoms with Crippen molar-refractivity contribution in [1.82, 2.24) is 5.43 Å². The number of para-hydroxylation sites is 1. The van der Waals surface area contributed by atoms with Crippen molar-refractivity contribution in [3.63, 3.8) is 0 Å². The number of alkyl halides is 2. The Morgan fingerprint density at radius 2 is 1.81 bits per heavy atom. The molecular formula is C17H17F2N3O3S. The molecule has 0 atom stereocenters. The molecule has 0 aliphatic carbocycles. The average molecular weight is 381 g/mol. The summed E-state index contributed by atoms with van der Waals surface area (Å²) in [6.07, 6.45) is 1.33. The van der Waals surface area contributed by atoms with Gasteiger partial charge in [-0.1, -0.05) is 12.1 Å². The molecule has 0 unspecified atom stereocenters. The van der Waals surface area contributed by atoms with Gasteiger partial charge in [0.25, 0.3) is 0 Å². The van der Waals surface area contributed by atoms with Crippen LogP contribution in [0.4, 0.5) is 14.5 Å². The van der Waals surface area contributed by atoms with Crippen molar-refractivity contribution >= 4 is 29.2 Å². The van der Waals surface area contributed by atoms with Gasteiger partial charge in [0.15, 0.2) is 16.6 Å². The van der Waals surface area contributed by atoms with Gasteiger partial charge >= 0.3 is 6.61 Å². The Balaban J connectivity index is 1.98. The van der Waals surface area contributed by atoms with E-state index in [1.54, 1.807) is 43.5 Å². The Morgan fingerprint density at radius 1 is 1.08 bits per heavy atom. The van der Waals surface area contributed by atoms with Crippen molar-refractivity contribution in [3.8, 4) is 17.2 Å². The van der Waals surface area contributed by atoms with Crippen LogP contribution in [0.2, 0.25) is 0 Å². The Kier molecular flexibility index (Phi) is 7.10. The molecule has 2 aromatic rings. The maximum Gasteiger partial charge on any atom is 0.387 e. The van der Waals surface area contributed by atoms with Crippen LogP contribution >= 0.6 is 12.2 Å². The standard InChI is InChI=1S/C17H17F2N3O3S/c1-23-14-8-7-12(9-15(14)24-2)21-17(26)22-20-10-11-5-3-4-6-13(11)25-16(18)19/h3-10,16H,1-2H3,(H2,21,22,26)/b20-10-. The second-order valence-corrected chi connectivity index (χ2v) is 5.22. The number of hydrazone groups is 1. The van der Waals surface area contributed by atoms with Crippen molar-refractivity contribution < 1.29 is 23.0 Å². The third-order valence-corrected chi connectivity index (χ3v) is 3.34. The van der Waals surface area contributed by atoms with Gasteiger partial charge in [0.1, 0.15) is 5.75 Å². The lowest BCUT2D eigenvalue weighted by Gasteiger charge is -2.11. The number of halogens is 2. The molecule has 9 heteroatoms. The fourth-order valence-electron chi connectivity index (χ4n) is 2.02. The fourth-order valence-corrected chi connectivity index (χ4v) is 2.19. The summed E-state index contributed by atoms with van der Waals surface area (Å²) in [4.78, 5) is 0. The molecule has 0 saturated heterocycles. The highest BCUT2D eigenvalue weighted by atomic mass is 32.1. The zero-order valence-electron chi connectivity index (χ0n) is 14.0. The lowest BCUT2D eigenvalue weighted by atomic mass is 10.2. The number of hydrogen-bond acceptors (Lipinski definition) is 5. The highest BCUT2D eigenvalue weighted by molar-refractivity contribution is 7.80. The molecule has 138 valence electrons. The van der Waals surface area contributed by atoms with Gasteiger partial charge in [0, 0.05) is 17.3 Å². The van der Waals surface area contributed by atoms with E-state index >= 15 is 0 Å². The van der Waals surface area contributed by atoms with Crippen LogP contribution in [0.1, 0.15) is 5.56 Å². The van der Waals surface area contributed by atoms with E-state index < -0.39 is 6.61 Å². The highest BCUT2D eigenvalue weighted by Gasteiger charge is 2.08. The molecule has 2 aromatic carbocycles. The highest BCUT2D eigenvalue weighted by Crippen LogP contribution is 2.29. The number of benzene rings is 2. The van der Waals surface area contributed by atoms with Crippen molar-refractivity contribution in [2.24, 2.45) is 5.10 Å². The Labute approximate surface area is 154 Å². The molecule has 0 aliphatic rings. The third kappa shape index (κ3) is 5.55. The number of ether oxygens (including phenoxy) is 3. The molecule has 0 aliphatic heterocycles. The molecule has 0 heterocycles. The normalized spacial score (nSPS) is 10.7. The van der Waals surface area contributed by atoms with Crippen LogP contribution in [0.15, 0.2) is 47.6 Å². The maximum atomic E-state index is 12.4. The second-order valence-electron chi connectivity index (χ2n) is 4.81. The summed E-state index contributed by atoms with van der Waals surface area (Å²) >= 11 is 5.14. The van der Waals surface area contributed by atoms with Crippen LogP contribution in [0, 0.1) is 0 Å². The van der Waals surface area contributed by atoms with Crippen molar-refractivity contribution in [1.29, 1.82) is 0 Å². The molecule has 0 spiro atoms. The lowest BCUT2D eigenvalue weighted by Crippen LogP contribution is -2.23.